The molecule has 3 rings (SSSR count). The van der Waals surface area contributed by atoms with Crippen LogP contribution in [0.3, 0.4) is 0 Å². The summed E-state index contributed by atoms with van der Waals surface area (Å²) in [5, 5.41) is 9.52. The van der Waals surface area contributed by atoms with Crippen molar-refractivity contribution in [3.8, 4) is 5.75 Å². The monoisotopic (exact) mass is 532 g/mol. The maximum absolute atomic E-state index is 13.5. The minimum absolute atomic E-state index is 0.0392. The normalized spacial score (nSPS) is 18.7. The van der Waals surface area contributed by atoms with Gasteiger partial charge in [0, 0.05) is 24.9 Å². The summed E-state index contributed by atoms with van der Waals surface area (Å²) in [4.78, 5) is 26.6. The van der Waals surface area contributed by atoms with Crippen molar-refractivity contribution in [2.75, 3.05) is 19.4 Å². The lowest BCUT2D eigenvalue weighted by Crippen LogP contribution is -2.52. The van der Waals surface area contributed by atoms with E-state index >= 15 is 0 Å². The van der Waals surface area contributed by atoms with Crippen molar-refractivity contribution in [2.45, 2.75) is 56.5 Å². The van der Waals surface area contributed by atoms with Crippen LogP contribution in [0.4, 0.5) is 9.18 Å². The highest BCUT2D eigenvalue weighted by Gasteiger charge is 2.39. The third kappa shape index (κ3) is 7.28. The van der Waals surface area contributed by atoms with Gasteiger partial charge in [-0.2, -0.15) is 0 Å². The Hall–Kier alpha value is -2.93. The minimum atomic E-state index is -3.72. The van der Waals surface area contributed by atoms with Crippen molar-refractivity contribution >= 4 is 33.4 Å². The Bertz CT molecular complexity index is 1200. The van der Waals surface area contributed by atoms with E-state index in [1.807, 2.05) is 0 Å². The standard InChI is InChI=1S/C21H26ClFN4O7S/c1-21(2,3)34-20(29)27-10-12(5-8-16(27)18-25-26-19(33-18)35(4,30)31)24-17(28)11-32-13-6-7-14(22)15(23)9-13/h6-7,9,12,16H,5,8,10-11H2,1-4H3,(H,24,28)/t12-,16+/m0/s1. The van der Waals surface area contributed by atoms with Gasteiger partial charge in [-0.1, -0.05) is 16.7 Å². The first-order valence-electron chi connectivity index (χ1n) is 10.6. The molecular formula is C21H26ClFN4O7S. The number of carbonyl (C=O) groups is 2. The van der Waals surface area contributed by atoms with Crippen LogP contribution in [0.1, 0.15) is 45.5 Å². The molecule has 2 amide bonds. The molecule has 1 N–H and O–H groups in total. The quantitative estimate of drug-likeness (QED) is 0.594. The van der Waals surface area contributed by atoms with Gasteiger partial charge in [-0.15, -0.1) is 5.10 Å². The third-order valence-electron chi connectivity index (χ3n) is 4.86. The largest absolute Gasteiger partial charge is 0.484 e. The number of halogens is 2. The first-order chi connectivity index (χ1) is 16.2. The first-order valence-corrected chi connectivity index (χ1v) is 12.9. The van der Waals surface area contributed by atoms with E-state index in [0.717, 1.165) is 12.3 Å². The number of aromatic nitrogens is 2. The number of likely N-dealkylation sites (tertiary alicyclic amines) is 1. The molecule has 1 aromatic heterocycles. The molecule has 1 saturated heterocycles. The van der Waals surface area contributed by atoms with Crippen LogP contribution in [0.15, 0.2) is 27.8 Å². The highest BCUT2D eigenvalue weighted by molar-refractivity contribution is 7.90. The molecule has 1 aromatic carbocycles. The second-order valence-corrected chi connectivity index (χ2v) is 11.3. The number of hydrogen-bond donors (Lipinski definition) is 1. The van der Waals surface area contributed by atoms with Gasteiger partial charge < -0.3 is 19.2 Å². The van der Waals surface area contributed by atoms with Gasteiger partial charge in [-0.25, -0.2) is 17.6 Å². The molecular weight excluding hydrogens is 507 g/mol. The highest BCUT2D eigenvalue weighted by Crippen LogP contribution is 2.32. The number of ether oxygens (including phenoxy) is 2. The second-order valence-electron chi connectivity index (χ2n) is 9.03. The highest BCUT2D eigenvalue weighted by atomic mass is 35.5. The van der Waals surface area contributed by atoms with E-state index in [4.69, 9.17) is 25.5 Å². The fraction of sp³-hybridized carbons (Fsp3) is 0.524. The molecule has 2 heterocycles. The number of rotatable bonds is 6. The summed E-state index contributed by atoms with van der Waals surface area (Å²) in [6.45, 7) is 4.77. The predicted octanol–water partition coefficient (Wildman–Crippen LogP) is 2.90. The lowest BCUT2D eigenvalue weighted by Gasteiger charge is -2.38. The number of benzene rings is 1. The fourth-order valence-electron chi connectivity index (χ4n) is 3.36. The lowest BCUT2D eigenvalue weighted by atomic mass is 9.98. The van der Waals surface area contributed by atoms with Gasteiger partial charge in [0.15, 0.2) is 6.61 Å². The van der Waals surface area contributed by atoms with Crippen LogP contribution in [0, 0.1) is 5.82 Å². The van der Waals surface area contributed by atoms with Crippen molar-refractivity contribution in [2.24, 2.45) is 0 Å². The van der Waals surface area contributed by atoms with Crippen LogP contribution in [0.5, 0.6) is 5.75 Å². The Kier molecular flexibility index (Phi) is 7.90. The molecule has 192 valence electrons. The maximum atomic E-state index is 13.5. The fourth-order valence-corrected chi connectivity index (χ4v) is 3.90. The molecule has 2 aromatic rings. The SMILES string of the molecule is CC(C)(C)OC(=O)N1C[C@@H](NC(=O)COc2ccc(Cl)c(F)c2)CC[C@@H]1c1nnc(S(C)(=O)=O)o1. The number of hydrogen-bond acceptors (Lipinski definition) is 9. The Labute approximate surface area is 206 Å². The van der Waals surface area contributed by atoms with Crippen molar-refractivity contribution < 1.29 is 36.3 Å². The van der Waals surface area contributed by atoms with Crippen LogP contribution in [-0.2, 0) is 19.4 Å². The molecule has 2 atom stereocenters. The molecule has 0 radical (unpaired) electrons. The van der Waals surface area contributed by atoms with E-state index in [-0.39, 0.29) is 29.8 Å². The molecule has 0 saturated carbocycles. The predicted molar refractivity (Wildman–Crippen MR) is 121 cm³/mol. The molecule has 1 fully saturated rings. The van der Waals surface area contributed by atoms with E-state index in [2.05, 4.69) is 15.5 Å². The van der Waals surface area contributed by atoms with E-state index in [1.165, 1.54) is 17.0 Å². The summed E-state index contributed by atoms with van der Waals surface area (Å²) in [5.74, 6) is -1.06. The zero-order chi connectivity index (χ0) is 26.0. The number of nitrogens with one attached hydrogen (secondary N) is 1. The molecule has 14 heteroatoms. The van der Waals surface area contributed by atoms with Gasteiger partial charge in [0.25, 0.3) is 5.91 Å². The number of piperidine rings is 1. The molecule has 0 spiro atoms. The van der Waals surface area contributed by atoms with Crippen molar-refractivity contribution in [3.05, 3.63) is 34.9 Å². The van der Waals surface area contributed by atoms with E-state index in [0.29, 0.717) is 12.8 Å². The van der Waals surface area contributed by atoms with Crippen LogP contribution in [-0.4, -0.2) is 66.6 Å². The zero-order valence-corrected chi connectivity index (χ0v) is 21.2. The summed E-state index contributed by atoms with van der Waals surface area (Å²) in [6, 6.07) is 2.61. The van der Waals surface area contributed by atoms with Crippen molar-refractivity contribution in [1.29, 1.82) is 0 Å². The molecule has 0 aliphatic carbocycles. The van der Waals surface area contributed by atoms with Crippen LogP contribution in [0.25, 0.3) is 0 Å². The average molecular weight is 533 g/mol. The summed E-state index contributed by atoms with van der Waals surface area (Å²) in [6.07, 6.45) is 0.956. The minimum Gasteiger partial charge on any atom is -0.484 e. The molecule has 11 nitrogen and oxygen atoms in total. The van der Waals surface area contributed by atoms with Crippen LogP contribution in [0.2, 0.25) is 5.02 Å². The lowest BCUT2D eigenvalue weighted by molar-refractivity contribution is -0.124. The zero-order valence-electron chi connectivity index (χ0n) is 19.6. The number of carbonyl (C=O) groups excluding carboxylic acids is 2. The molecule has 1 aliphatic rings. The van der Waals surface area contributed by atoms with E-state index < -0.39 is 50.6 Å². The summed E-state index contributed by atoms with van der Waals surface area (Å²) < 4.78 is 53.1. The van der Waals surface area contributed by atoms with Gasteiger partial charge in [0.05, 0.1) is 5.02 Å². The van der Waals surface area contributed by atoms with Gasteiger partial charge in [-0.05, 0) is 45.7 Å². The second kappa shape index (κ2) is 10.4. The van der Waals surface area contributed by atoms with Crippen molar-refractivity contribution in [3.63, 3.8) is 0 Å². The summed E-state index contributed by atoms with van der Waals surface area (Å²) in [5.41, 5.74) is -0.799. The number of amides is 2. The van der Waals surface area contributed by atoms with Gasteiger partial charge in [0.2, 0.25) is 15.7 Å². The number of nitrogens with zero attached hydrogens (tertiary/aromatic N) is 3. The van der Waals surface area contributed by atoms with Crippen LogP contribution < -0.4 is 10.1 Å². The summed E-state index contributed by atoms with van der Waals surface area (Å²) >= 11 is 5.63. The van der Waals surface area contributed by atoms with E-state index in [1.54, 1.807) is 20.8 Å². The Morgan fingerprint density at radius 1 is 1.29 bits per heavy atom. The molecule has 0 bridgehead atoms. The summed E-state index contributed by atoms with van der Waals surface area (Å²) in [7, 11) is -3.72. The Morgan fingerprint density at radius 3 is 2.60 bits per heavy atom. The molecule has 1 aliphatic heterocycles. The Balaban J connectivity index is 1.69. The molecule has 0 unspecified atom stereocenters. The molecule has 35 heavy (non-hydrogen) atoms. The topological polar surface area (TPSA) is 141 Å². The van der Waals surface area contributed by atoms with Gasteiger partial charge in [0.1, 0.15) is 23.2 Å². The van der Waals surface area contributed by atoms with Gasteiger partial charge >= 0.3 is 11.3 Å². The van der Waals surface area contributed by atoms with E-state index in [9.17, 15) is 22.4 Å². The third-order valence-corrected chi connectivity index (χ3v) is 5.97. The average Bonchev–Trinajstić information content (AvgIpc) is 3.24. The maximum Gasteiger partial charge on any atom is 0.411 e. The van der Waals surface area contributed by atoms with Crippen molar-refractivity contribution in [1.82, 2.24) is 20.4 Å². The van der Waals surface area contributed by atoms with Crippen LogP contribution >= 0.6 is 11.6 Å². The van der Waals surface area contributed by atoms with Gasteiger partial charge in [-0.3, -0.25) is 9.69 Å². The Morgan fingerprint density at radius 2 is 2.00 bits per heavy atom. The number of sulfone groups is 1. The smallest absolute Gasteiger partial charge is 0.411 e. The first kappa shape index (κ1) is 26.7.